The van der Waals surface area contributed by atoms with E-state index in [0.717, 1.165) is 23.1 Å². The quantitative estimate of drug-likeness (QED) is 0.411. The van der Waals surface area contributed by atoms with Gasteiger partial charge >= 0.3 is 5.97 Å². The molecule has 0 aliphatic heterocycles. The molecular weight excluding hydrogens is 414 g/mol. The first kappa shape index (κ1) is 20.9. The molecule has 4 aromatic rings. The van der Waals surface area contributed by atoms with Gasteiger partial charge in [0.05, 0.1) is 5.56 Å². The van der Waals surface area contributed by atoms with Crippen LogP contribution in [0.25, 0.3) is 27.8 Å². The minimum Gasteiger partial charge on any atom is -0.505 e. The average molecular weight is 436 g/mol. The van der Waals surface area contributed by atoms with Gasteiger partial charge in [0.15, 0.2) is 0 Å². The molecule has 1 heterocycles. The fraction of sp³-hybridized carbons (Fsp3) is 0.208. The summed E-state index contributed by atoms with van der Waals surface area (Å²) < 4.78 is 0. The number of aromatic hydroxyl groups is 1. The van der Waals surface area contributed by atoms with Crippen molar-refractivity contribution < 1.29 is 15.0 Å². The summed E-state index contributed by atoms with van der Waals surface area (Å²) >= 11 is 6.08. The van der Waals surface area contributed by atoms with E-state index in [0.29, 0.717) is 21.7 Å². The molecule has 1 aromatic heterocycles. The summed E-state index contributed by atoms with van der Waals surface area (Å²) in [6.45, 7) is 6.20. The molecule has 0 atom stereocenters. The van der Waals surface area contributed by atoms with Crippen molar-refractivity contribution in [3.8, 4) is 22.6 Å². The van der Waals surface area contributed by atoms with E-state index in [1.807, 2.05) is 6.07 Å². The number of carboxylic acids is 1. The molecule has 4 rings (SSSR count). The van der Waals surface area contributed by atoms with Crippen molar-refractivity contribution in [1.82, 2.24) is 15.0 Å². The smallest absolute Gasteiger partial charge is 0.335 e. The molecule has 0 radical (unpaired) electrons. The highest BCUT2D eigenvalue weighted by molar-refractivity contribution is 6.31. The molecule has 7 heteroatoms. The molecule has 0 saturated carbocycles. The Balaban J connectivity index is 1.94. The van der Waals surface area contributed by atoms with Gasteiger partial charge < -0.3 is 10.2 Å². The van der Waals surface area contributed by atoms with Crippen molar-refractivity contribution >= 4 is 28.6 Å². The van der Waals surface area contributed by atoms with Crippen LogP contribution in [0.15, 0.2) is 54.6 Å². The van der Waals surface area contributed by atoms with Gasteiger partial charge in [-0.3, -0.25) is 0 Å². The highest BCUT2D eigenvalue weighted by Gasteiger charge is 2.26. The van der Waals surface area contributed by atoms with E-state index in [-0.39, 0.29) is 16.7 Å². The Bertz CT molecular complexity index is 1290. The Labute approximate surface area is 184 Å². The van der Waals surface area contributed by atoms with Crippen LogP contribution in [0.5, 0.6) is 5.75 Å². The fourth-order valence-electron chi connectivity index (χ4n) is 3.45. The van der Waals surface area contributed by atoms with Crippen LogP contribution in [0.2, 0.25) is 5.02 Å². The lowest BCUT2D eigenvalue weighted by Crippen LogP contribution is -2.17. The molecule has 0 amide bonds. The number of phenolic OH excluding ortho intramolecular Hbond substituents is 1. The number of hydrogen-bond donors (Lipinski definition) is 2. The number of nitrogens with zero attached hydrogens (tertiary/aromatic N) is 3. The van der Waals surface area contributed by atoms with Gasteiger partial charge in [-0.05, 0) is 65.4 Å². The molecular formula is C24H22ClN3O3. The number of carbonyl (C=O) groups is 1. The standard InChI is InChI=1S/C24H22ClN3O3/c1-4-24(2,3)18-11-16(14-5-7-15(8-6-14)23(30)31)12-21(22(18)29)28-26-19-10-9-17(25)13-20(19)27-28/h5-13,29H,4H2,1-3H3,(H,30,31). The summed E-state index contributed by atoms with van der Waals surface area (Å²) in [7, 11) is 0. The Morgan fingerprint density at radius 1 is 1.00 bits per heavy atom. The van der Waals surface area contributed by atoms with Gasteiger partial charge in [-0.15, -0.1) is 15.0 Å². The molecule has 0 fully saturated rings. The van der Waals surface area contributed by atoms with E-state index in [1.54, 1.807) is 48.5 Å². The molecule has 6 nitrogen and oxygen atoms in total. The van der Waals surface area contributed by atoms with Crippen molar-refractivity contribution in [2.75, 3.05) is 0 Å². The maximum Gasteiger partial charge on any atom is 0.335 e. The summed E-state index contributed by atoms with van der Waals surface area (Å²) in [4.78, 5) is 12.6. The molecule has 3 aromatic carbocycles. The van der Waals surface area contributed by atoms with Crippen molar-refractivity contribution in [2.24, 2.45) is 0 Å². The first-order chi connectivity index (χ1) is 14.7. The molecule has 31 heavy (non-hydrogen) atoms. The summed E-state index contributed by atoms with van der Waals surface area (Å²) in [5.74, 6) is -0.860. The molecule has 0 aliphatic carbocycles. The third kappa shape index (κ3) is 3.86. The van der Waals surface area contributed by atoms with Crippen LogP contribution in [-0.4, -0.2) is 31.2 Å². The fourth-order valence-corrected chi connectivity index (χ4v) is 3.61. The first-order valence-electron chi connectivity index (χ1n) is 9.94. The van der Waals surface area contributed by atoms with Gasteiger partial charge in [0.25, 0.3) is 0 Å². The molecule has 0 bridgehead atoms. The topological polar surface area (TPSA) is 88.2 Å². The van der Waals surface area contributed by atoms with Crippen molar-refractivity contribution in [2.45, 2.75) is 32.6 Å². The second kappa shape index (κ2) is 7.71. The summed E-state index contributed by atoms with van der Waals surface area (Å²) in [5.41, 5.74) is 4.09. The Morgan fingerprint density at radius 3 is 2.32 bits per heavy atom. The van der Waals surface area contributed by atoms with Crippen LogP contribution in [0.3, 0.4) is 0 Å². The third-order valence-electron chi connectivity index (χ3n) is 5.73. The largest absolute Gasteiger partial charge is 0.505 e. The van der Waals surface area contributed by atoms with E-state index in [9.17, 15) is 15.0 Å². The highest BCUT2D eigenvalue weighted by Crippen LogP contribution is 2.40. The number of carboxylic acid groups (broad SMARTS) is 1. The molecule has 0 spiro atoms. The maximum atomic E-state index is 11.2. The van der Waals surface area contributed by atoms with Crippen molar-refractivity contribution in [3.05, 3.63) is 70.7 Å². The Kier molecular flexibility index (Phi) is 5.19. The monoisotopic (exact) mass is 435 g/mol. The van der Waals surface area contributed by atoms with Gasteiger partial charge in [-0.25, -0.2) is 4.79 Å². The van der Waals surface area contributed by atoms with E-state index in [2.05, 4.69) is 31.0 Å². The second-order valence-electron chi connectivity index (χ2n) is 8.13. The number of aromatic nitrogens is 3. The van der Waals surface area contributed by atoms with Crippen molar-refractivity contribution in [3.63, 3.8) is 0 Å². The van der Waals surface area contributed by atoms with E-state index in [1.165, 1.54) is 4.80 Å². The Morgan fingerprint density at radius 2 is 1.68 bits per heavy atom. The van der Waals surface area contributed by atoms with Crippen LogP contribution in [0.1, 0.15) is 43.1 Å². The van der Waals surface area contributed by atoms with Crippen LogP contribution in [-0.2, 0) is 5.41 Å². The highest BCUT2D eigenvalue weighted by atomic mass is 35.5. The number of rotatable bonds is 5. The van der Waals surface area contributed by atoms with Gasteiger partial charge in [0.2, 0.25) is 0 Å². The number of phenols is 1. The van der Waals surface area contributed by atoms with Crippen LogP contribution in [0.4, 0.5) is 0 Å². The molecule has 0 unspecified atom stereocenters. The predicted molar refractivity (Wildman–Crippen MR) is 121 cm³/mol. The third-order valence-corrected chi connectivity index (χ3v) is 5.96. The zero-order valence-electron chi connectivity index (χ0n) is 17.4. The number of hydrogen-bond acceptors (Lipinski definition) is 4. The van der Waals surface area contributed by atoms with Gasteiger partial charge in [0.1, 0.15) is 22.5 Å². The molecule has 0 aliphatic rings. The molecule has 2 N–H and O–H groups in total. The molecule has 158 valence electrons. The summed E-state index contributed by atoms with van der Waals surface area (Å²) in [6, 6.07) is 15.7. The number of halogens is 1. The van der Waals surface area contributed by atoms with Crippen LogP contribution in [0, 0.1) is 0 Å². The zero-order chi connectivity index (χ0) is 22.3. The van der Waals surface area contributed by atoms with Crippen LogP contribution >= 0.6 is 11.6 Å². The zero-order valence-corrected chi connectivity index (χ0v) is 18.2. The maximum absolute atomic E-state index is 11.2. The number of fused-ring (bicyclic) bond motifs is 1. The number of aromatic carboxylic acids is 1. The Hall–Kier alpha value is -3.38. The summed E-state index contributed by atoms with van der Waals surface area (Å²) in [5, 5.41) is 29.9. The van der Waals surface area contributed by atoms with E-state index >= 15 is 0 Å². The van der Waals surface area contributed by atoms with Crippen LogP contribution < -0.4 is 0 Å². The lowest BCUT2D eigenvalue weighted by molar-refractivity contribution is 0.0697. The van der Waals surface area contributed by atoms with Gasteiger partial charge in [-0.2, -0.15) is 0 Å². The minimum absolute atomic E-state index is 0.115. The minimum atomic E-state index is -0.975. The first-order valence-corrected chi connectivity index (χ1v) is 10.3. The van der Waals surface area contributed by atoms with E-state index < -0.39 is 5.97 Å². The SMILES string of the molecule is CCC(C)(C)c1cc(-c2ccc(C(=O)O)cc2)cc(-n2nc3ccc(Cl)cc3n2)c1O. The van der Waals surface area contributed by atoms with Crippen molar-refractivity contribution in [1.29, 1.82) is 0 Å². The normalized spacial score (nSPS) is 11.7. The van der Waals surface area contributed by atoms with E-state index in [4.69, 9.17) is 11.6 Å². The lowest BCUT2D eigenvalue weighted by atomic mass is 9.80. The average Bonchev–Trinajstić information content (AvgIpc) is 3.16. The van der Waals surface area contributed by atoms with Gasteiger partial charge in [0, 0.05) is 10.6 Å². The predicted octanol–water partition coefficient (Wildman–Crippen LogP) is 5.83. The van der Waals surface area contributed by atoms with Gasteiger partial charge in [-0.1, -0.05) is 44.5 Å². The second-order valence-corrected chi connectivity index (χ2v) is 8.57. The summed E-state index contributed by atoms with van der Waals surface area (Å²) in [6.07, 6.45) is 0.811. The lowest BCUT2D eigenvalue weighted by Gasteiger charge is -2.26. The molecule has 0 saturated heterocycles. The number of benzene rings is 3.